The van der Waals surface area contributed by atoms with E-state index in [9.17, 15) is 14.4 Å². The lowest BCUT2D eigenvalue weighted by Gasteiger charge is -2.37. The molecule has 0 bridgehead atoms. The van der Waals surface area contributed by atoms with Crippen molar-refractivity contribution in [3.05, 3.63) is 88.7 Å². The number of halogens is 2. The number of anilines is 2. The molecular weight excluding hydrogens is 563 g/mol. The normalized spacial score (nSPS) is 15.3. The van der Waals surface area contributed by atoms with Crippen LogP contribution >= 0.6 is 24.0 Å². The summed E-state index contributed by atoms with van der Waals surface area (Å²) in [7, 11) is 3.85. The molecule has 4 N–H and O–H groups in total. The van der Waals surface area contributed by atoms with Crippen LogP contribution in [0.2, 0.25) is 5.02 Å². The van der Waals surface area contributed by atoms with Crippen molar-refractivity contribution in [3.8, 4) is 0 Å². The molecule has 11 heteroatoms. The molecule has 0 saturated carbocycles. The number of nitrogens with two attached hydrogens (primary N) is 1. The molecule has 2 atom stereocenters. The second-order valence-corrected chi connectivity index (χ2v) is 11.2. The van der Waals surface area contributed by atoms with Crippen LogP contribution in [-0.2, 0) is 33.8 Å². The summed E-state index contributed by atoms with van der Waals surface area (Å²) in [4.78, 5) is 48.4. The van der Waals surface area contributed by atoms with Crippen molar-refractivity contribution in [1.29, 1.82) is 0 Å². The number of para-hydroxylation sites is 1. The fraction of sp³-hybridized carbons (Fsp3) is 0.333. The summed E-state index contributed by atoms with van der Waals surface area (Å²) >= 11 is 6.03. The van der Waals surface area contributed by atoms with E-state index in [1.165, 1.54) is 0 Å². The molecule has 0 aliphatic carbocycles. The first kappa shape index (κ1) is 31.9. The summed E-state index contributed by atoms with van der Waals surface area (Å²) in [5.74, 6) is -1.21. The number of aromatic nitrogens is 1. The van der Waals surface area contributed by atoms with E-state index in [-0.39, 0.29) is 31.3 Å². The first-order chi connectivity index (χ1) is 18.9. The van der Waals surface area contributed by atoms with E-state index in [1.54, 1.807) is 49.2 Å². The molecule has 0 saturated heterocycles. The molecule has 1 aliphatic rings. The Kier molecular flexibility index (Phi) is 10.4. The number of pyridine rings is 1. The van der Waals surface area contributed by atoms with Crippen LogP contribution in [0.25, 0.3) is 0 Å². The lowest BCUT2D eigenvalue weighted by molar-refractivity contribution is -0.133. The van der Waals surface area contributed by atoms with Crippen LogP contribution in [0.1, 0.15) is 30.7 Å². The van der Waals surface area contributed by atoms with Gasteiger partial charge in [-0.1, -0.05) is 41.9 Å². The van der Waals surface area contributed by atoms with Crippen molar-refractivity contribution in [2.75, 3.05) is 23.9 Å². The Morgan fingerprint density at radius 2 is 1.83 bits per heavy atom. The fourth-order valence-electron chi connectivity index (χ4n) is 4.63. The van der Waals surface area contributed by atoms with Crippen molar-refractivity contribution in [2.24, 2.45) is 5.73 Å². The monoisotopic (exact) mass is 598 g/mol. The molecule has 41 heavy (non-hydrogen) atoms. The van der Waals surface area contributed by atoms with Crippen LogP contribution in [0.5, 0.6) is 0 Å². The summed E-state index contributed by atoms with van der Waals surface area (Å²) in [6, 6.07) is 16.7. The van der Waals surface area contributed by atoms with Gasteiger partial charge in [0.15, 0.2) is 0 Å². The minimum absolute atomic E-state index is 0. The Hall–Kier alpha value is -3.66. The number of hydrogen-bond acceptors (Lipinski definition) is 6. The smallest absolute Gasteiger partial charge is 0.250 e. The average molecular weight is 600 g/mol. The highest BCUT2D eigenvalue weighted by Crippen LogP contribution is 2.37. The summed E-state index contributed by atoms with van der Waals surface area (Å²) < 4.78 is 0. The van der Waals surface area contributed by atoms with E-state index in [1.807, 2.05) is 55.4 Å². The number of carbonyl (C=O) groups excluding carboxylic acids is 3. The van der Waals surface area contributed by atoms with E-state index >= 15 is 0 Å². The van der Waals surface area contributed by atoms with Gasteiger partial charge in [-0.3, -0.25) is 19.4 Å². The fourth-order valence-corrected chi connectivity index (χ4v) is 4.75. The van der Waals surface area contributed by atoms with Gasteiger partial charge in [0.05, 0.1) is 29.2 Å². The number of carbonyl (C=O) groups is 3. The highest BCUT2D eigenvalue weighted by molar-refractivity contribution is 6.30. The number of nitrogens with zero attached hydrogens (tertiary/aromatic N) is 3. The number of fused-ring (bicyclic) bond motifs is 1. The van der Waals surface area contributed by atoms with Crippen LogP contribution in [0.3, 0.4) is 0 Å². The number of benzene rings is 2. The number of nitrogens with one attached hydrogen (secondary N) is 2. The molecule has 1 aliphatic heterocycles. The van der Waals surface area contributed by atoms with Crippen molar-refractivity contribution in [2.45, 2.75) is 50.9 Å². The van der Waals surface area contributed by atoms with Gasteiger partial charge in [-0.25, -0.2) is 0 Å². The van der Waals surface area contributed by atoms with E-state index < -0.39 is 29.4 Å². The molecular formula is C30H36Cl2N6O3. The van der Waals surface area contributed by atoms with Crippen LogP contribution in [0, 0.1) is 0 Å². The molecule has 2 heterocycles. The van der Waals surface area contributed by atoms with Gasteiger partial charge in [-0.15, -0.1) is 12.4 Å². The lowest BCUT2D eigenvalue weighted by atomic mass is 9.94. The van der Waals surface area contributed by atoms with E-state index in [2.05, 4.69) is 15.6 Å². The predicted molar refractivity (Wildman–Crippen MR) is 164 cm³/mol. The number of amides is 3. The molecule has 2 aromatic carbocycles. The third kappa shape index (κ3) is 7.75. The molecule has 1 unspecified atom stereocenters. The van der Waals surface area contributed by atoms with Crippen molar-refractivity contribution >= 4 is 53.1 Å². The second-order valence-electron chi connectivity index (χ2n) is 10.8. The van der Waals surface area contributed by atoms with E-state index in [0.717, 1.165) is 28.2 Å². The highest BCUT2D eigenvalue weighted by Gasteiger charge is 2.37. The first-order valence-electron chi connectivity index (χ1n) is 13.1. The molecule has 1 aromatic heterocycles. The first-order valence-corrected chi connectivity index (χ1v) is 13.5. The molecule has 9 nitrogen and oxygen atoms in total. The van der Waals surface area contributed by atoms with Crippen LogP contribution in [0.4, 0.5) is 11.4 Å². The summed E-state index contributed by atoms with van der Waals surface area (Å²) in [6.45, 7) is 3.38. The third-order valence-electron chi connectivity index (χ3n) is 6.76. The van der Waals surface area contributed by atoms with Gasteiger partial charge in [0.2, 0.25) is 17.7 Å². The Labute approximate surface area is 251 Å². The van der Waals surface area contributed by atoms with Gasteiger partial charge >= 0.3 is 0 Å². The SMILES string of the molecule is CN(C)c1cccc2c1N(Cc1ccccn1)C(=O)C(NC(=O)[C@@H](Cc1ccc(Cl)cc1)NC(=O)C(C)(C)N)C2.Cl. The predicted octanol–water partition coefficient (Wildman–Crippen LogP) is 3.26. The Morgan fingerprint density at radius 3 is 2.44 bits per heavy atom. The van der Waals surface area contributed by atoms with Crippen molar-refractivity contribution in [1.82, 2.24) is 15.6 Å². The maximum atomic E-state index is 13.9. The zero-order valence-electron chi connectivity index (χ0n) is 23.6. The van der Waals surface area contributed by atoms with Crippen molar-refractivity contribution in [3.63, 3.8) is 0 Å². The maximum absolute atomic E-state index is 13.9. The Morgan fingerprint density at radius 1 is 1.12 bits per heavy atom. The van der Waals surface area contributed by atoms with E-state index in [4.69, 9.17) is 17.3 Å². The standard InChI is InChI=1S/C30H35ClN6O3.ClH/c1-30(2,32)29(40)35-23(16-19-11-13-21(31)14-12-19)27(38)34-24-17-20-8-7-10-25(36(3)4)26(20)37(28(24)39)18-22-9-5-6-15-33-22;/h5-15,23-24H,16-18,32H2,1-4H3,(H,34,38)(H,35,40);1H/t23-,24?;/m1./s1. The molecule has 4 rings (SSSR count). The molecule has 3 aromatic rings. The molecule has 218 valence electrons. The van der Waals surface area contributed by atoms with Gasteiger partial charge in [0.25, 0.3) is 0 Å². The van der Waals surface area contributed by atoms with Crippen LogP contribution in [0.15, 0.2) is 66.9 Å². The largest absolute Gasteiger partial charge is 0.376 e. The number of hydrogen-bond donors (Lipinski definition) is 3. The average Bonchev–Trinajstić information content (AvgIpc) is 2.91. The number of rotatable bonds is 9. The van der Waals surface area contributed by atoms with Gasteiger partial charge in [-0.2, -0.15) is 0 Å². The van der Waals surface area contributed by atoms with Crippen LogP contribution < -0.4 is 26.2 Å². The zero-order chi connectivity index (χ0) is 29.0. The van der Waals surface area contributed by atoms with Gasteiger partial charge in [-0.05, 0) is 55.3 Å². The van der Waals surface area contributed by atoms with Gasteiger partial charge in [0.1, 0.15) is 12.1 Å². The Balaban J connectivity index is 0.00000462. The summed E-state index contributed by atoms with van der Waals surface area (Å²) in [5, 5.41) is 6.25. The molecule has 3 amide bonds. The van der Waals surface area contributed by atoms with Crippen molar-refractivity contribution < 1.29 is 14.4 Å². The lowest BCUT2D eigenvalue weighted by Crippen LogP contribution is -2.60. The second kappa shape index (κ2) is 13.3. The summed E-state index contributed by atoms with van der Waals surface area (Å²) in [6.07, 6.45) is 2.19. The van der Waals surface area contributed by atoms with Crippen LogP contribution in [-0.4, -0.2) is 54.4 Å². The topological polar surface area (TPSA) is 121 Å². The Bertz CT molecular complexity index is 1380. The minimum atomic E-state index is -1.19. The molecule has 0 radical (unpaired) electrons. The van der Waals surface area contributed by atoms with E-state index in [0.29, 0.717) is 11.4 Å². The zero-order valence-corrected chi connectivity index (χ0v) is 25.1. The third-order valence-corrected chi connectivity index (χ3v) is 7.01. The maximum Gasteiger partial charge on any atom is 0.250 e. The highest BCUT2D eigenvalue weighted by atomic mass is 35.5. The van der Waals surface area contributed by atoms with Gasteiger partial charge in [0, 0.05) is 38.2 Å². The molecule has 0 fully saturated rings. The molecule has 0 spiro atoms. The summed E-state index contributed by atoms with van der Waals surface area (Å²) in [5.41, 5.74) is 8.94. The van der Waals surface area contributed by atoms with Gasteiger partial charge < -0.3 is 26.2 Å². The quantitative estimate of drug-likeness (QED) is 0.348. The minimum Gasteiger partial charge on any atom is -0.376 e.